The van der Waals surface area contributed by atoms with Crippen LogP contribution >= 0.6 is 0 Å². The number of benzene rings is 1. The summed E-state index contributed by atoms with van der Waals surface area (Å²) in [6.07, 6.45) is 10.4. The van der Waals surface area contributed by atoms with Crippen LogP contribution in [0.5, 0.6) is 5.75 Å². The van der Waals surface area contributed by atoms with Crippen molar-refractivity contribution in [1.29, 1.82) is 0 Å². The van der Waals surface area contributed by atoms with Gasteiger partial charge < -0.3 is 19.8 Å². The number of hydrogen-bond donors (Lipinski definition) is 2. The average Bonchev–Trinajstić information content (AvgIpc) is 2.70. The molecule has 2 fully saturated rings. The van der Waals surface area contributed by atoms with E-state index in [1.807, 2.05) is 19.1 Å². The smallest absolute Gasteiger partial charge is 0.128 e. The first-order valence-electron chi connectivity index (χ1n) is 10.1. The Balaban J connectivity index is 1.43. The molecule has 1 saturated carbocycles. The van der Waals surface area contributed by atoms with E-state index in [1.165, 1.54) is 6.42 Å². The minimum absolute atomic E-state index is 0.307. The molecule has 0 bridgehead atoms. The van der Waals surface area contributed by atoms with Gasteiger partial charge in [-0.15, -0.1) is 6.42 Å². The van der Waals surface area contributed by atoms with Gasteiger partial charge in [0.2, 0.25) is 0 Å². The molecule has 0 amide bonds. The number of aliphatic hydroxyl groups excluding tert-OH is 1. The molecule has 148 valence electrons. The van der Waals surface area contributed by atoms with Crippen molar-refractivity contribution in [3.8, 4) is 18.1 Å². The van der Waals surface area contributed by atoms with E-state index >= 15 is 0 Å². The van der Waals surface area contributed by atoms with Crippen molar-refractivity contribution >= 4 is 5.69 Å². The SMILES string of the molecule is C#CC1(OCC(O)CN2CCN(c3ccc(O)c(C)c3)CC2)CCCCC1. The van der Waals surface area contributed by atoms with Crippen LogP contribution < -0.4 is 4.90 Å². The van der Waals surface area contributed by atoms with E-state index in [2.05, 4.69) is 15.7 Å². The Labute approximate surface area is 162 Å². The van der Waals surface area contributed by atoms with Gasteiger partial charge in [0.05, 0.1) is 12.7 Å². The van der Waals surface area contributed by atoms with E-state index in [0.717, 1.165) is 63.1 Å². The zero-order valence-corrected chi connectivity index (χ0v) is 16.4. The van der Waals surface area contributed by atoms with Crippen LogP contribution in [0.2, 0.25) is 0 Å². The molecule has 0 spiro atoms. The van der Waals surface area contributed by atoms with Gasteiger partial charge in [0.1, 0.15) is 11.4 Å². The molecule has 3 rings (SSSR count). The maximum Gasteiger partial charge on any atom is 0.128 e. The number of hydrogen-bond acceptors (Lipinski definition) is 5. The van der Waals surface area contributed by atoms with Crippen molar-refractivity contribution < 1.29 is 14.9 Å². The van der Waals surface area contributed by atoms with Crippen LogP contribution in [0.4, 0.5) is 5.69 Å². The lowest BCUT2D eigenvalue weighted by Crippen LogP contribution is -2.49. The molecule has 2 N–H and O–H groups in total. The second kappa shape index (κ2) is 8.97. The number of β-amino-alcohol motifs (C(OH)–C–C–N with tert-alkyl or cyclic N) is 1. The number of nitrogens with zero attached hydrogens (tertiary/aromatic N) is 2. The van der Waals surface area contributed by atoms with Crippen LogP contribution in [-0.2, 0) is 4.74 Å². The highest BCUT2D eigenvalue weighted by Crippen LogP contribution is 2.31. The Morgan fingerprint density at radius 3 is 2.52 bits per heavy atom. The maximum absolute atomic E-state index is 10.4. The molecule has 1 aliphatic heterocycles. The van der Waals surface area contributed by atoms with Crippen LogP contribution in [0.1, 0.15) is 37.7 Å². The van der Waals surface area contributed by atoms with Crippen molar-refractivity contribution in [2.45, 2.75) is 50.7 Å². The number of aliphatic hydroxyl groups is 1. The van der Waals surface area contributed by atoms with Gasteiger partial charge in [0.25, 0.3) is 0 Å². The number of ether oxygens (including phenoxy) is 1. The molecule has 5 nitrogen and oxygen atoms in total. The Morgan fingerprint density at radius 1 is 1.19 bits per heavy atom. The lowest BCUT2D eigenvalue weighted by atomic mass is 9.85. The van der Waals surface area contributed by atoms with Crippen molar-refractivity contribution in [2.75, 3.05) is 44.2 Å². The molecule has 5 heteroatoms. The Morgan fingerprint density at radius 2 is 1.89 bits per heavy atom. The van der Waals surface area contributed by atoms with E-state index in [0.29, 0.717) is 18.9 Å². The normalized spacial score (nSPS) is 21.6. The summed E-state index contributed by atoms with van der Waals surface area (Å²) < 4.78 is 5.99. The van der Waals surface area contributed by atoms with Crippen LogP contribution in [-0.4, -0.2) is 66.1 Å². The highest BCUT2D eigenvalue weighted by molar-refractivity contribution is 5.52. The molecular weight excluding hydrogens is 340 g/mol. The van der Waals surface area contributed by atoms with Gasteiger partial charge in [-0.25, -0.2) is 0 Å². The lowest BCUT2D eigenvalue weighted by molar-refractivity contribution is -0.0698. The quantitative estimate of drug-likeness (QED) is 0.752. The number of anilines is 1. The molecule has 2 aliphatic rings. The molecule has 1 atom stereocenters. The fourth-order valence-corrected chi connectivity index (χ4v) is 4.08. The lowest BCUT2D eigenvalue weighted by Gasteiger charge is -2.38. The monoisotopic (exact) mass is 372 g/mol. The number of aryl methyl sites for hydroxylation is 1. The third-order valence-electron chi connectivity index (χ3n) is 5.86. The van der Waals surface area contributed by atoms with E-state index in [9.17, 15) is 10.2 Å². The summed E-state index contributed by atoms with van der Waals surface area (Å²) in [4.78, 5) is 4.60. The third kappa shape index (κ3) is 5.16. The summed E-state index contributed by atoms with van der Waals surface area (Å²) in [5.41, 5.74) is 1.57. The summed E-state index contributed by atoms with van der Waals surface area (Å²) in [7, 11) is 0. The number of phenolic OH excluding ortho intramolecular Hbond substituents is 1. The van der Waals surface area contributed by atoms with E-state index in [1.54, 1.807) is 6.07 Å². The second-order valence-corrected chi connectivity index (χ2v) is 7.92. The molecular formula is C22H32N2O3. The number of rotatable bonds is 6. The first kappa shape index (κ1) is 20.0. The second-order valence-electron chi connectivity index (χ2n) is 7.92. The van der Waals surface area contributed by atoms with Gasteiger partial charge in [-0.05, 0) is 56.4 Å². The topological polar surface area (TPSA) is 56.2 Å². The molecule has 1 aromatic carbocycles. The van der Waals surface area contributed by atoms with Crippen LogP contribution in [0.3, 0.4) is 0 Å². The minimum atomic E-state index is -0.514. The zero-order chi connectivity index (χ0) is 19.3. The number of aromatic hydroxyl groups is 1. The summed E-state index contributed by atoms with van der Waals surface area (Å²) >= 11 is 0. The minimum Gasteiger partial charge on any atom is -0.508 e. The molecule has 1 unspecified atom stereocenters. The van der Waals surface area contributed by atoms with Crippen LogP contribution in [0.15, 0.2) is 18.2 Å². The molecule has 1 aliphatic carbocycles. The summed E-state index contributed by atoms with van der Waals surface area (Å²) in [5, 5.41) is 20.1. The maximum atomic E-state index is 10.4. The molecule has 1 heterocycles. The summed E-state index contributed by atoms with van der Waals surface area (Å²) in [6.45, 7) is 6.46. The molecule has 1 saturated heterocycles. The van der Waals surface area contributed by atoms with Gasteiger partial charge in [0.15, 0.2) is 0 Å². The fourth-order valence-electron chi connectivity index (χ4n) is 4.08. The molecule has 1 aromatic rings. The number of terminal acetylenes is 1. The Bertz CT molecular complexity index is 656. The standard InChI is InChI=1S/C22H32N2O3/c1-3-22(9-5-4-6-10-22)27-17-20(25)16-23-11-13-24(14-12-23)19-7-8-21(26)18(2)15-19/h1,7-8,15,20,25-26H,4-6,9-14,16-17H2,2H3. The number of piperazine rings is 1. The predicted molar refractivity (Wildman–Crippen MR) is 108 cm³/mol. The fraction of sp³-hybridized carbons (Fsp3) is 0.636. The van der Waals surface area contributed by atoms with E-state index in [-0.39, 0.29) is 0 Å². The van der Waals surface area contributed by atoms with Crippen molar-refractivity contribution in [3.63, 3.8) is 0 Å². The summed E-state index contributed by atoms with van der Waals surface area (Å²) in [5.74, 6) is 3.17. The Kier molecular flexibility index (Phi) is 6.64. The largest absolute Gasteiger partial charge is 0.508 e. The van der Waals surface area contributed by atoms with Gasteiger partial charge in [-0.2, -0.15) is 0 Å². The van der Waals surface area contributed by atoms with Crippen molar-refractivity contribution in [1.82, 2.24) is 4.90 Å². The van der Waals surface area contributed by atoms with Crippen molar-refractivity contribution in [3.05, 3.63) is 23.8 Å². The number of phenols is 1. The van der Waals surface area contributed by atoms with Crippen LogP contribution in [0, 0.1) is 19.3 Å². The summed E-state index contributed by atoms with van der Waals surface area (Å²) in [6, 6.07) is 5.74. The first-order chi connectivity index (χ1) is 13.0. The average molecular weight is 373 g/mol. The van der Waals surface area contributed by atoms with Gasteiger partial charge in [0, 0.05) is 38.4 Å². The highest BCUT2D eigenvalue weighted by atomic mass is 16.5. The van der Waals surface area contributed by atoms with E-state index in [4.69, 9.17) is 11.2 Å². The van der Waals surface area contributed by atoms with E-state index < -0.39 is 11.7 Å². The highest BCUT2D eigenvalue weighted by Gasteiger charge is 2.31. The molecule has 0 aromatic heterocycles. The van der Waals surface area contributed by atoms with Crippen molar-refractivity contribution in [2.24, 2.45) is 0 Å². The first-order valence-corrected chi connectivity index (χ1v) is 10.1. The predicted octanol–water partition coefficient (Wildman–Crippen LogP) is 2.54. The van der Waals surface area contributed by atoms with Gasteiger partial charge >= 0.3 is 0 Å². The van der Waals surface area contributed by atoms with Gasteiger partial charge in [-0.1, -0.05) is 12.3 Å². The molecule has 27 heavy (non-hydrogen) atoms. The Hall–Kier alpha value is -1.74. The molecule has 0 radical (unpaired) electrons. The van der Waals surface area contributed by atoms with Gasteiger partial charge in [-0.3, -0.25) is 4.90 Å². The van der Waals surface area contributed by atoms with Crippen LogP contribution in [0.25, 0.3) is 0 Å². The zero-order valence-electron chi connectivity index (χ0n) is 16.4. The third-order valence-corrected chi connectivity index (χ3v) is 5.86.